The van der Waals surface area contributed by atoms with Gasteiger partial charge >= 0.3 is 6.18 Å². The molecule has 0 saturated carbocycles. The fraction of sp³-hybridized carbons (Fsp3) is 0.273. The molecule has 2 nitrogen and oxygen atoms in total. The second-order valence-corrected chi connectivity index (χ2v) is 3.86. The molecule has 1 atom stereocenters. The molecule has 1 rings (SSSR count). The van der Waals surface area contributed by atoms with Gasteiger partial charge in [0, 0.05) is 24.4 Å². The Morgan fingerprint density at radius 1 is 1.41 bits per heavy atom. The molecule has 0 bridgehead atoms. The van der Waals surface area contributed by atoms with Crippen molar-refractivity contribution in [1.82, 2.24) is 0 Å². The van der Waals surface area contributed by atoms with Crippen LogP contribution in [0.25, 0.3) is 0 Å². The number of benzene rings is 1. The highest BCUT2D eigenvalue weighted by Crippen LogP contribution is 2.35. The molecule has 1 aromatic rings. The first-order valence-electron chi connectivity index (χ1n) is 4.73. The maximum absolute atomic E-state index is 12.6. The Morgan fingerprint density at radius 3 is 2.53 bits per heavy atom. The van der Waals surface area contributed by atoms with E-state index in [1.54, 1.807) is 0 Å². The van der Waals surface area contributed by atoms with Gasteiger partial charge in [-0.05, 0) is 17.7 Å². The lowest BCUT2D eigenvalue weighted by Crippen LogP contribution is -2.09. The van der Waals surface area contributed by atoms with Crippen LogP contribution in [0.2, 0.25) is 0 Å². The fourth-order valence-electron chi connectivity index (χ4n) is 1.37. The van der Waals surface area contributed by atoms with Crippen molar-refractivity contribution in [2.75, 3.05) is 7.05 Å². The molecule has 0 saturated heterocycles. The van der Waals surface area contributed by atoms with Gasteiger partial charge in [0.1, 0.15) is 0 Å². The smallest absolute Gasteiger partial charge is 0.312 e. The topological polar surface area (TPSA) is 36.2 Å². The van der Waals surface area contributed by atoms with Gasteiger partial charge in [0.15, 0.2) is 0 Å². The van der Waals surface area contributed by atoms with E-state index in [0.29, 0.717) is 5.56 Å². The van der Waals surface area contributed by atoms with Crippen LogP contribution in [0.4, 0.5) is 13.2 Å². The van der Waals surface area contributed by atoms with Crippen molar-refractivity contribution in [2.24, 2.45) is 4.99 Å². The SMILES string of the molecule is CN=CC(C=N)c1ccc(S)c(C(F)(F)F)c1. The molecule has 0 aliphatic heterocycles. The average Bonchev–Trinajstić information content (AvgIpc) is 2.25. The summed E-state index contributed by atoms with van der Waals surface area (Å²) in [6, 6.07) is 3.79. The van der Waals surface area contributed by atoms with Crippen molar-refractivity contribution < 1.29 is 13.2 Å². The largest absolute Gasteiger partial charge is 0.417 e. The zero-order chi connectivity index (χ0) is 13.1. The second kappa shape index (κ2) is 5.35. The molecular weight excluding hydrogens is 249 g/mol. The van der Waals surface area contributed by atoms with Crippen molar-refractivity contribution in [3.05, 3.63) is 29.3 Å². The van der Waals surface area contributed by atoms with Gasteiger partial charge < -0.3 is 5.41 Å². The first-order valence-corrected chi connectivity index (χ1v) is 5.18. The van der Waals surface area contributed by atoms with Crippen molar-refractivity contribution >= 4 is 25.1 Å². The van der Waals surface area contributed by atoms with Crippen LogP contribution in [0.15, 0.2) is 28.1 Å². The molecule has 92 valence electrons. The summed E-state index contributed by atoms with van der Waals surface area (Å²) in [7, 11) is 1.51. The number of hydrogen-bond donors (Lipinski definition) is 2. The lowest BCUT2D eigenvalue weighted by Gasteiger charge is -2.13. The summed E-state index contributed by atoms with van der Waals surface area (Å²) in [5, 5.41) is 7.16. The highest BCUT2D eigenvalue weighted by atomic mass is 32.1. The number of nitrogens with one attached hydrogen (secondary N) is 1. The summed E-state index contributed by atoms with van der Waals surface area (Å²) in [4.78, 5) is 3.59. The standard InChI is InChI=1S/C11H11F3N2S/c1-16-6-8(5-15)7-2-3-10(17)9(4-7)11(12,13)14/h2-6,8,15,17H,1H3. The summed E-state index contributed by atoms with van der Waals surface area (Å²) in [6.07, 6.45) is -1.98. The molecule has 0 aliphatic carbocycles. The molecule has 1 N–H and O–H groups in total. The van der Waals surface area contributed by atoms with E-state index in [-0.39, 0.29) is 4.90 Å². The first kappa shape index (κ1) is 13.8. The molecule has 1 unspecified atom stereocenters. The quantitative estimate of drug-likeness (QED) is 0.617. The third-order valence-corrected chi connectivity index (χ3v) is 2.59. The Bertz CT molecular complexity index is 441. The van der Waals surface area contributed by atoms with E-state index in [4.69, 9.17) is 5.41 Å². The third-order valence-electron chi connectivity index (χ3n) is 2.20. The maximum atomic E-state index is 12.6. The van der Waals surface area contributed by atoms with Crippen molar-refractivity contribution in [3.63, 3.8) is 0 Å². The monoisotopic (exact) mass is 260 g/mol. The summed E-state index contributed by atoms with van der Waals surface area (Å²) < 4.78 is 37.9. The predicted molar refractivity (Wildman–Crippen MR) is 64.6 cm³/mol. The lowest BCUT2D eigenvalue weighted by molar-refractivity contribution is -0.139. The average molecular weight is 260 g/mol. The zero-order valence-electron chi connectivity index (χ0n) is 8.99. The van der Waals surface area contributed by atoms with Gasteiger partial charge in [-0.15, -0.1) is 12.6 Å². The first-order chi connectivity index (χ1) is 7.90. The van der Waals surface area contributed by atoms with Gasteiger partial charge in [-0.25, -0.2) is 0 Å². The Kier molecular flexibility index (Phi) is 4.34. The molecule has 1 aromatic carbocycles. The van der Waals surface area contributed by atoms with Gasteiger partial charge in [0.25, 0.3) is 0 Å². The Balaban J connectivity index is 3.25. The summed E-state index contributed by atoms with van der Waals surface area (Å²) in [5.74, 6) is -0.546. The Labute approximate surface area is 102 Å². The van der Waals surface area contributed by atoms with Gasteiger partial charge in [0.2, 0.25) is 0 Å². The Morgan fingerprint density at radius 2 is 2.06 bits per heavy atom. The Hall–Kier alpha value is -1.30. The molecule has 0 heterocycles. The number of hydrogen-bond acceptors (Lipinski definition) is 3. The van der Waals surface area contributed by atoms with E-state index < -0.39 is 17.7 Å². The van der Waals surface area contributed by atoms with Gasteiger partial charge in [-0.2, -0.15) is 13.2 Å². The molecule has 0 radical (unpaired) electrons. The molecule has 17 heavy (non-hydrogen) atoms. The zero-order valence-corrected chi connectivity index (χ0v) is 9.89. The van der Waals surface area contributed by atoms with E-state index in [9.17, 15) is 13.2 Å². The fourth-order valence-corrected chi connectivity index (χ4v) is 1.64. The molecule has 0 spiro atoms. The summed E-state index contributed by atoms with van der Waals surface area (Å²) >= 11 is 3.78. The van der Waals surface area contributed by atoms with E-state index in [0.717, 1.165) is 12.3 Å². The molecular formula is C11H11F3N2S. The minimum absolute atomic E-state index is 0.126. The highest BCUT2D eigenvalue weighted by Gasteiger charge is 2.33. The molecule has 0 fully saturated rings. The highest BCUT2D eigenvalue weighted by molar-refractivity contribution is 7.80. The van der Waals surface area contributed by atoms with Crippen LogP contribution in [0.5, 0.6) is 0 Å². The number of alkyl halides is 3. The lowest BCUT2D eigenvalue weighted by atomic mass is 9.99. The van der Waals surface area contributed by atoms with Gasteiger partial charge in [0.05, 0.1) is 11.5 Å². The van der Waals surface area contributed by atoms with Crippen LogP contribution in [0.3, 0.4) is 0 Å². The van der Waals surface area contributed by atoms with E-state index >= 15 is 0 Å². The third kappa shape index (κ3) is 3.33. The minimum atomic E-state index is -4.44. The van der Waals surface area contributed by atoms with Crippen molar-refractivity contribution in [1.29, 1.82) is 5.41 Å². The van der Waals surface area contributed by atoms with Crippen LogP contribution in [-0.4, -0.2) is 19.5 Å². The summed E-state index contributed by atoms with van der Waals surface area (Å²) in [6.45, 7) is 0. The second-order valence-electron chi connectivity index (χ2n) is 3.37. The normalized spacial score (nSPS) is 13.9. The summed E-state index contributed by atoms with van der Waals surface area (Å²) in [5.41, 5.74) is -0.426. The predicted octanol–water partition coefficient (Wildman–Crippen LogP) is 3.43. The van der Waals surface area contributed by atoms with Crippen LogP contribution >= 0.6 is 12.6 Å². The van der Waals surface area contributed by atoms with Crippen LogP contribution in [-0.2, 0) is 6.18 Å². The van der Waals surface area contributed by atoms with Crippen molar-refractivity contribution in [2.45, 2.75) is 17.0 Å². The number of rotatable bonds is 3. The number of aliphatic imine (C=N–C) groups is 1. The molecule has 0 aromatic heterocycles. The van der Waals surface area contributed by atoms with E-state index in [1.807, 2.05) is 0 Å². The van der Waals surface area contributed by atoms with Crippen LogP contribution < -0.4 is 0 Å². The number of halogens is 3. The number of thiol groups is 1. The van der Waals surface area contributed by atoms with Crippen LogP contribution in [0.1, 0.15) is 17.0 Å². The molecule has 6 heteroatoms. The minimum Gasteiger partial charge on any atom is -0.312 e. The molecule has 0 aliphatic rings. The van der Waals surface area contributed by atoms with Gasteiger partial charge in [-0.1, -0.05) is 6.07 Å². The van der Waals surface area contributed by atoms with Gasteiger partial charge in [-0.3, -0.25) is 4.99 Å². The maximum Gasteiger partial charge on any atom is 0.417 e. The molecule has 0 amide bonds. The van der Waals surface area contributed by atoms with E-state index in [1.165, 1.54) is 25.4 Å². The van der Waals surface area contributed by atoms with E-state index in [2.05, 4.69) is 17.6 Å². The van der Waals surface area contributed by atoms with Crippen molar-refractivity contribution in [3.8, 4) is 0 Å². The van der Waals surface area contributed by atoms with Crippen LogP contribution in [0, 0.1) is 5.41 Å². The number of nitrogens with zero attached hydrogens (tertiary/aromatic N) is 1.